The number of pyridine rings is 6. The van der Waals surface area contributed by atoms with E-state index in [4.69, 9.17) is 146 Å². The quantitative estimate of drug-likeness (QED) is 0.0150. The molecule has 0 unspecified atom stereocenters. The van der Waals surface area contributed by atoms with Crippen LogP contribution in [0.15, 0.2) is 194 Å². The van der Waals surface area contributed by atoms with Gasteiger partial charge in [0.25, 0.3) is 23.8 Å². The number of nitrogens with zero attached hydrogens (tertiary/aromatic N) is 11. The van der Waals surface area contributed by atoms with E-state index in [0.717, 1.165) is 22.9 Å². The number of aromatic amines is 1. The average molecular weight is 1870 g/mol. The molecule has 0 saturated heterocycles. The smallest absolute Gasteiger partial charge is 0.338 e. The number of ether oxygens (including phenoxy) is 4. The summed E-state index contributed by atoms with van der Waals surface area (Å²) in [5.41, 5.74) is 18.8. The highest BCUT2D eigenvalue weighted by molar-refractivity contribution is 6.37. The number of halogens is 11. The number of nitrogens with one attached hydrogen (secondary N) is 1. The molecule has 9 heterocycles. The Labute approximate surface area is 750 Å². The van der Waals surface area contributed by atoms with E-state index >= 15 is 0 Å². The molecule has 2 saturated carbocycles. The number of fused-ring (bicyclic) bond motifs is 3. The fraction of sp³-hybridized carbons (Fsp3) is 0.202. The van der Waals surface area contributed by atoms with E-state index in [2.05, 4.69) is 59.8 Å². The van der Waals surface area contributed by atoms with Crippen LogP contribution in [-0.2, 0) is 59.1 Å². The molecule has 0 atom stereocenters. The van der Waals surface area contributed by atoms with E-state index in [0.29, 0.717) is 116 Å². The van der Waals surface area contributed by atoms with Crippen molar-refractivity contribution in [1.29, 1.82) is 0 Å². The van der Waals surface area contributed by atoms with Crippen LogP contribution >= 0.6 is 104 Å². The average Bonchev–Trinajstić information content (AvgIpc) is 1.61. The summed E-state index contributed by atoms with van der Waals surface area (Å²) in [5.74, 6) is -2.34. The van der Waals surface area contributed by atoms with Crippen LogP contribution in [0.1, 0.15) is 99.8 Å². The first-order valence-electron chi connectivity index (χ1n) is 36.7. The number of benzene rings is 4. The monoisotopic (exact) mass is 1870 g/mol. The van der Waals surface area contributed by atoms with Crippen molar-refractivity contribution in [2.45, 2.75) is 78.6 Å². The van der Waals surface area contributed by atoms with E-state index in [9.17, 15) is 52.2 Å². The van der Waals surface area contributed by atoms with Crippen molar-refractivity contribution < 1.29 is 71.5 Å². The summed E-state index contributed by atoms with van der Waals surface area (Å²) < 4.78 is 47.1. The molecule has 0 spiro atoms. The standard InChI is InChI=1S/C26H19ClFN3O3.C19H17FO3.C7H3Cl2N3.C7H4ClN3O.C7H16O3.C6H4Cl2N2O.C6H3Cl2NO2.C6H6ClN3O/c27-24-13-21-20(14-29-24)25(31-15-30-21)34-19-7-3-17(4-8-19)12-23(33)26(9-10-26)22(32)11-16-1-5-18(28)6-2-16;20-15-5-1-13(2-6-15)11-17(22)19(9-10-19)18(23)12-14-3-7-16(21)8-4-14;8-6-1-5-4(2-10-6)7(9)12-3-11-5;8-6-1-5-4(2-9-6)7(12)11-3-10-5;1-4-8-7(9-5-2)10-6-3;7-4-1-5(8)10-2-3(4)6(9)11;7-4-1-5(8)9-2-3(4)6(10)11;7-5-1-4(8)3(2-10-5)6(9)11/h1-8,13-15H,9-12H2;1-8,21H,9-12H2;1-3H;1-3H,(H,10,11,12);7H,4-6H2,1-3H3;1-2H,(H2,9,11);1-2H,(H,10,11);1-2H,(H2,8,10)(H2,9,11). The molecule has 644 valence electrons. The Morgan fingerprint density at radius 1 is 0.444 bits per heavy atom. The van der Waals surface area contributed by atoms with Crippen LogP contribution in [0.4, 0.5) is 14.5 Å². The SMILES string of the molecule is CCOC(OCC)OCC.Clc1cc2ncnc(Cl)c2cn1.NC(=O)c1cnc(Cl)cc1Cl.NC(=O)c1cnc(Cl)cc1N.O=C(Cc1ccc(F)cc1)C1(C(=O)Cc2ccc(Oc3ncnc4cc(Cl)ncc34)cc2)CC1.O=C(Cc1ccc(O)cc1)C1(C(=O)Cc2ccc(F)cc2)CC1.O=C(O)c1cnc(Cl)cc1Cl.O=c1[nH]cnc2cc(Cl)ncc12. The number of nitrogen functional groups attached to an aromatic ring is 1. The highest BCUT2D eigenvalue weighted by Crippen LogP contribution is 2.50. The minimum Gasteiger partial charge on any atom is -0.508 e. The number of ketones is 4. The zero-order valence-corrected chi connectivity index (χ0v) is 72.2. The number of carboxylic acids is 1. The number of nitrogens with two attached hydrogens (primary N) is 3. The molecule has 40 heteroatoms. The second-order valence-corrected chi connectivity index (χ2v) is 29.6. The van der Waals surface area contributed by atoms with Gasteiger partial charge in [0.1, 0.15) is 71.9 Å². The number of hydrogen-bond donors (Lipinski definition) is 6. The van der Waals surface area contributed by atoms with Gasteiger partial charge in [0.2, 0.25) is 5.88 Å². The normalized spacial score (nSPS) is 12.1. The highest BCUT2D eigenvalue weighted by atomic mass is 35.5. The van der Waals surface area contributed by atoms with Crippen molar-refractivity contribution >= 4 is 184 Å². The largest absolute Gasteiger partial charge is 0.508 e. The number of aromatic carboxylic acids is 1. The van der Waals surface area contributed by atoms with Crippen LogP contribution in [0.2, 0.25) is 46.1 Å². The number of hydrogen-bond acceptors (Lipinski definition) is 25. The second kappa shape index (κ2) is 47.3. The third-order valence-electron chi connectivity index (χ3n) is 17.6. The molecule has 2 amide bonds. The van der Waals surface area contributed by atoms with Gasteiger partial charge in [-0.25, -0.2) is 68.4 Å². The Kier molecular flexibility index (Phi) is 37.4. The number of carboxylic acid groups (broad SMARTS) is 1. The molecule has 2 fully saturated rings. The first-order valence-corrected chi connectivity index (χ1v) is 40.1. The summed E-state index contributed by atoms with van der Waals surface area (Å²) in [5, 5.41) is 22.0. The van der Waals surface area contributed by atoms with Crippen molar-refractivity contribution in [3.05, 3.63) is 297 Å². The number of H-pyrrole nitrogens is 1. The van der Waals surface area contributed by atoms with Gasteiger partial charge in [0.05, 0.1) is 76.6 Å². The number of Topliss-reactive ketones (excluding diaryl/α,β-unsaturated/α-hetero) is 4. The highest BCUT2D eigenvalue weighted by Gasteiger charge is 2.55. The van der Waals surface area contributed by atoms with Gasteiger partial charge in [0, 0.05) is 107 Å². The molecule has 2 aliphatic rings. The summed E-state index contributed by atoms with van der Waals surface area (Å²) in [4.78, 5) is 139. The van der Waals surface area contributed by atoms with Crippen LogP contribution in [0.3, 0.4) is 0 Å². The Morgan fingerprint density at radius 3 is 1.20 bits per heavy atom. The molecule has 4 aromatic carbocycles. The molecule has 124 heavy (non-hydrogen) atoms. The summed E-state index contributed by atoms with van der Waals surface area (Å²) in [6.45, 7) is 7.10. The second-order valence-electron chi connectivity index (χ2n) is 26.1. The Hall–Kier alpha value is -11.6. The molecular formula is C84H72Cl9F2N15O14. The van der Waals surface area contributed by atoms with Gasteiger partial charge in [-0.2, -0.15) is 0 Å². The zero-order chi connectivity index (χ0) is 90.4. The van der Waals surface area contributed by atoms with E-state index in [1.54, 1.807) is 91.3 Å². The van der Waals surface area contributed by atoms with Crippen molar-refractivity contribution in [3.63, 3.8) is 0 Å². The number of amides is 2. The number of phenolic OH excluding ortho intramolecular Hbond substituents is 1. The first kappa shape index (κ1) is 97.9. The molecule has 29 nitrogen and oxygen atoms in total. The van der Waals surface area contributed by atoms with Crippen LogP contribution in [0, 0.1) is 22.5 Å². The predicted octanol–water partition coefficient (Wildman–Crippen LogP) is 17.2. The summed E-state index contributed by atoms with van der Waals surface area (Å²) in [6.07, 6.45) is 15.2. The molecule has 0 radical (unpaired) electrons. The molecule has 13 aromatic rings. The minimum absolute atomic E-state index is 0.0453. The van der Waals surface area contributed by atoms with Gasteiger partial charge in [0.15, 0.2) is 23.1 Å². The molecule has 0 aliphatic heterocycles. The molecule has 9 N–H and O–H groups in total. The van der Waals surface area contributed by atoms with Crippen LogP contribution in [0.25, 0.3) is 32.7 Å². The number of aromatic hydroxyl groups is 1. The lowest BCUT2D eigenvalue weighted by molar-refractivity contribution is -0.282. The maximum atomic E-state index is 13.1. The summed E-state index contributed by atoms with van der Waals surface area (Å²) >= 11 is 50.5. The molecule has 15 rings (SSSR count). The van der Waals surface area contributed by atoms with Crippen LogP contribution < -0.4 is 27.5 Å². The van der Waals surface area contributed by atoms with Crippen molar-refractivity contribution in [1.82, 2.24) is 59.8 Å². The Morgan fingerprint density at radius 2 is 0.798 bits per heavy atom. The number of phenols is 1. The van der Waals surface area contributed by atoms with Gasteiger partial charge < -0.3 is 51.3 Å². The van der Waals surface area contributed by atoms with Gasteiger partial charge in [-0.1, -0.05) is 153 Å². The van der Waals surface area contributed by atoms with E-state index in [1.807, 2.05) is 20.8 Å². The topological polar surface area (TPSA) is 450 Å². The number of primary amides is 2. The number of anilines is 1. The zero-order valence-electron chi connectivity index (χ0n) is 65.4. The van der Waals surface area contributed by atoms with E-state index < -0.39 is 35.1 Å². The number of rotatable bonds is 23. The van der Waals surface area contributed by atoms with Crippen molar-refractivity contribution in [2.75, 3.05) is 25.6 Å². The van der Waals surface area contributed by atoms with Gasteiger partial charge >= 0.3 is 5.97 Å². The number of aromatic nitrogens is 12. The number of carbonyl (C=O) groups is 7. The maximum Gasteiger partial charge on any atom is 0.338 e. The fourth-order valence-electron chi connectivity index (χ4n) is 10.9. The fourth-order valence-corrected chi connectivity index (χ4v) is 12.6. The van der Waals surface area contributed by atoms with Crippen molar-refractivity contribution in [2.24, 2.45) is 22.3 Å². The summed E-state index contributed by atoms with van der Waals surface area (Å²) in [7, 11) is 0. The number of carbonyl (C=O) groups excluding carboxylic acids is 6. The first-order chi connectivity index (χ1) is 59.1. The lowest BCUT2D eigenvalue weighted by Crippen LogP contribution is -2.28. The van der Waals surface area contributed by atoms with Gasteiger partial charge in [-0.05, 0) is 135 Å². The predicted molar refractivity (Wildman–Crippen MR) is 465 cm³/mol. The molecule has 0 bridgehead atoms. The van der Waals surface area contributed by atoms with Gasteiger partial charge in [-0.3, -0.25) is 33.6 Å². The van der Waals surface area contributed by atoms with E-state index in [-0.39, 0.29) is 120 Å². The van der Waals surface area contributed by atoms with Gasteiger partial charge in [-0.15, -0.1) is 0 Å². The summed E-state index contributed by atoms with van der Waals surface area (Å²) in [6, 6.07) is 34.0. The molecule has 9 aromatic heterocycles. The van der Waals surface area contributed by atoms with Crippen LogP contribution in [-0.4, -0.2) is 137 Å². The lowest BCUT2D eigenvalue weighted by atomic mass is 9.88. The van der Waals surface area contributed by atoms with Crippen LogP contribution in [0.5, 0.6) is 17.4 Å². The Bertz CT molecular complexity index is 5780. The maximum absolute atomic E-state index is 13.1. The third-order valence-corrected chi connectivity index (χ3v) is 19.8. The minimum atomic E-state index is -1.11. The molecular weight excluding hydrogens is 1800 g/mol. The third kappa shape index (κ3) is 29.6. The Balaban J connectivity index is 0.000000185. The molecule has 2 aliphatic carbocycles. The lowest BCUT2D eigenvalue weighted by Gasteiger charge is -2.15. The van der Waals surface area contributed by atoms with E-state index in [1.165, 1.54) is 92.2 Å². The van der Waals surface area contributed by atoms with Crippen molar-refractivity contribution in [3.8, 4) is 17.4 Å².